The number of rotatable bonds is 5. The standard InChI is InChI=1S/C18H18N6O2/c1-23(2)17-14(4-3-10-20-17)18(26)21-12-5-7-13(8-6-12)24-11-9-15(22-24)16(19)25/h3-11H,1-2H3,(H2,19,25)(H,21,26). The molecule has 0 saturated heterocycles. The highest BCUT2D eigenvalue weighted by Crippen LogP contribution is 2.18. The lowest BCUT2D eigenvalue weighted by molar-refractivity contribution is 0.0993. The van der Waals surface area contributed by atoms with Crippen LogP contribution in [0.15, 0.2) is 54.9 Å². The molecule has 2 amide bonds. The van der Waals surface area contributed by atoms with Gasteiger partial charge in [0, 0.05) is 32.2 Å². The van der Waals surface area contributed by atoms with Gasteiger partial charge in [-0.25, -0.2) is 9.67 Å². The summed E-state index contributed by atoms with van der Waals surface area (Å²) in [5, 5.41) is 6.94. The third kappa shape index (κ3) is 3.54. The van der Waals surface area contributed by atoms with Gasteiger partial charge in [-0.1, -0.05) is 0 Å². The fourth-order valence-electron chi connectivity index (χ4n) is 2.43. The van der Waals surface area contributed by atoms with E-state index in [1.807, 2.05) is 14.1 Å². The number of amides is 2. The molecule has 0 aliphatic rings. The first-order chi connectivity index (χ1) is 12.5. The molecular formula is C18H18N6O2. The van der Waals surface area contributed by atoms with Crippen molar-refractivity contribution in [1.82, 2.24) is 14.8 Å². The molecule has 0 aliphatic heterocycles. The molecule has 0 atom stereocenters. The molecule has 0 spiro atoms. The summed E-state index contributed by atoms with van der Waals surface area (Å²) in [4.78, 5) is 29.7. The molecule has 0 radical (unpaired) electrons. The average Bonchev–Trinajstić information content (AvgIpc) is 3.12. The van der Waals surface area contributed by atoms with Gasteiger partial charge in [0.1, 0.15) is 11.5 Å². The van der Waals surface area contributed by atoms with Gasteiger partial charge >= 0.3 is 0 Å². The van der Waals surface area contributed by atoms with Crippen molar-refractivity contribution in [1.29, 1.82) is 0 Å². The number of carbonyl (C=O) groups excluding carboxylic acids is 2. The quantitative estimate of drug-likeness (QED) is 0.728. The van der Waals surface area contributed by atoms with Gasteiger partial charge in [0.25, 0.3) is 11.8 Å². The van der Waals surface area contributed by atoms with Crippen LogP contribution in [0.25, 0.3) is 5.69 Å². The molecule has 3 rings (SSSR count). The van der Waals surface area contributed by atoms with Crippen LogP contribution >= 0.6 is 0 Å². The van der Waals surface area contributed by atoms with E-state index >= 15 is 0 Å². The van der Waals surface area contributed by atoms with Crippen LogP contribution in [0.5, 0.6) is 0 Å². The first kappa shape index (κ1) is 17.2. The third-order valence-electron chi connectivity index (χ3n) is 3.69. The zero-order valence-corrected chi connectivity index (χ0v) is 14.4. The summed E-state index contributed by atoms with van der Waals surface area (Å²) in [6.07, 6.45) is 3.29. The SMILES string of the molecule is CN(C)c1ncccc1C(=O)Nc1ccc(-n2ccc(C(N)=O)n2)cc1. The maximum Gasteiger partial charge on any atom is 0.269 e. The molecule has 0 fully saturated rings. The molecular weight excluding hydrogens is 332 g/mol. The number of primary amides is 1. The first-order valence-corrected chi connectivity index (χ1v) is 7.85. The van der Waals surface area contributed by atoms with E-state index < -0.39 is 5.91 Å². The van der Waals surface area contributed by atoms with Crippen LogP contribution in [0.1, 0.15) is 20.8 Å². The molecule has 132 valence electrons. The Hall–Kier alpha value is -3.68. The zero-order valence-electron chi connectivity index (χ0n) is 14.4. The molecule has 2 heterocycles. The smallest absolute Gasteiger partial charge is 0.269 e. The molecule has 0 bridgehead atoms. The van der Waals surface area contributed by atoms with Gasteiger partial charge in [-0.15, -0.1) is 0 Å². The van der Waals surface area contributed by atoms with Crippen molar-refractivity contribution >= 4 is 23.3 Å². The number of nitrogens with one attached hydrogen (secondary N) is 1. The van der Waals surface area contributed by atoms with Crippen molar-refractivity contribution < 1.29 is 9.59 Å². The summed E-state index contributed by atoms with van der Waals surface area (Å²) < 4.78 is 1.54. The fraction of sp³-hybridized carbons (Fsp3) is 0.111. The fourth-order valence-corrected chi connectivity index (χ4v) is 2.43. The number of nitrogens with zero attached hydrogens (tertiary/aromatic N) is 4. The Morgan fingerprint density at radius 3 is 2.46 bits per heavy atom. The van der Waals surface area contributed by atoms with E-state index in [1.165, 1.54) is 4.68 Å². The Labute approximate surface area is 150 Å². The molecule has 0 unspecified atom stereocenters. The molecule has 26 heavy (non-hydrogen) atoms. The monoisotopic (exact) mass is 350 g/mol. The maximum atomic E-state index is 12.5. The Morgan fingerprint density at radius 2 is 1.85 bits per heavy atom. The van der Waals surface area contributed by atoms with Gasteiger partial charge in [-0.05, 0) is 42.5 Å². The number of anilines is 2. The van der Waals surface area contributed by atoms with Crippen LogP contribution in [-0.4, -0.2) is 40.7 Å². The normalized spacial score (nSPS) is 10.4. The van der Waals surface area contributed by atoms with Crippen LogP contribution in [-0.2, 0) is 0 Å². The van der Waals surface area contributed by atoms with E-state index in [0.29, 0.717) is 17.1 Å². The number of aromatic nitrogens is 3. The van der Waals surface area contributed by atoms with E-state index in [9.17, 15) is 9.59 Å². The number of pyridine rings is 1. The number of hydrogen-bond acceptors (Lipinski definition) is 5. The lowest BCUT2D eigenvalue weighted by Gasteiger charge is -2.15. The third-order valence-corrected chi connectivity index (χ3v) is 3.69. The van der Waals surface area contributed by atoms with Crippen LogP contribution in [0.3, 0.4) is 0 Å². The average molecular weight is 350 g/mol. The number of nitrogens with two attached hydrogens (primary N) is 1. The van der Waals surface area contributed by atoms with Crippen molar-refractivity contribution in [3.05, 3.63) is 66.1 Å². The molecule has 3 N–H and O–H groups in total. The van der Waals surface area contributed by atoms with Gasteiger partial charge in [0.05, 0.1) is 11.3 Å². The lowest BCUT2D eigenvalue weighted by Crippen LogP contribution is -2.19. The number of hydrogen-bond donors (Lipinski definition) is 2. The Balaban J connectivity index is 1.77. The van der Waals surface area contributed by atoms with E-state index in [1.54, 1.807) is 59.8 Å². The number of carbonyl (C=O) groups is 2. The minimum atomic E-state index is -0.583. The van der Waals surface area contributed by atoms with Gasteiger partial charge < -0.3 is 16.0 Å². The molecule has 1 aromatic carbocycles. The lowest BCUT2D eigenvalue weighted by atomic mass is 10.2. The second-order valence-electron chi connectivity index (χ2n) is 5.78. The molecule has 8 heteroatoms. The predicted molar refractivity (Wildman–Crippen MR) is 98.6 cm³/mol. The first-order valence-electron chi connectivity index (χ1n) is 7.85. The van der Waals surface area contributed by atoms with Crippen LogP contribution in [0.2, 0.25) is 0 Å². The molecule has 3 aromatic rings. The highest BCUT2D eigenvalue weighted by Gasteiger charge is 2.14. The highest BCUT2D eigenvalue weighted by atomic mass is 16.2. The van der Waals surface area contributed by atoms with Crippen molar-refractivity contribution in [3.8, 4) is 5.69 Å². The van der Waals surface area contributed by atoms with Crippen molar-refractivity contribution in [2.24, 2.45) is 5.73 Å². The Kier molecular flexibility index (Phi) is 4.66. The summed E-state index contributed by atoms with van der Waals surface area (Å²) in [7, 11) is 3.66. The molecule has 2 aromatic heterocycles. The predicted octanol–water partition coefficient (Wildman–Crippen LogP) is 1.68. The van der Waals surface area contributed by atoms with Gasteiger partial charge in [0.2, 0.25) is 0 Å². The van der Waals surface area contributed by atoms with Gasteiger partial charge in [-0.2, -0.15) is 5.10 Å². The van der Waals surface area contributed by atoms with Crippen LogP contribution in [0, 0.1) is 0 Å². The second kappa shape index (κ2) is 7.06. The van der Waals surface area contributed by atoms with Crippen LogP contribution < -0.4 is 16.0 Å². The van der Waals surface area contributed by atoms with E-state index in [0.717, 1.165) is 5.69 Å². The Morgan fingerprint density at radius 1 is 1.12 bits per heavy atom. The van der Waals surface area contributed by atoms with Crippen molar-refractivity contribution in [2.75, 3.05) is 24.3 Å². The second-order valence-corrected chi connectivity index (χ2v) is 5.78. The van der Waals surface area contributed by atoms with Gasteiger partial charge in [0.15, 0.2) is 0 Å². The van der Waals surface area contributed by atoms with E-state index in [-0.39, 0.29) is 11.6 Å². The van der Waals surface area contributed by atoms with Gasteiger partial charge in [-0.3, -0.25) is 9.59 Å². The summed E-state index contributed by atoms with van der Waals surface area (Å²) in [5.74, 6) is -0.234. The topological polar surface area (TPSA) is 106 Å². The highest BCUT2D eigenvalue weighted by molar-refractivity contribution is 6.07. The van der Waals surface area contributed by atoms with E-state index in [4.69, 9.17) is 5.73 Å². The van der Waals surface area contributed by atoms with Crippen molar-refractivity contribution in [3.63, 3.8) is 0 Å². The summed E-state index contributed by atoms with van der Waals surface area (Å²) in [6.45, 7) is 0. The zero-order chi connectivity index (χ0) is 18.7. The number of benzene rings is 1. The minimum absolute atomic E-state index is 0.190. The molecule has 0 aliphatic carbocycles. The van der Waals surface area contributed by atoms with Crippen molar-refractivity contribution in [2.45, 2.75) is 0 Å². The minimum Gasteiger partial charge on any atom is -0.364 e. The maximum absolute atomic E-state index is 12.5. The van der Waals surface area contributed by atoms with E-state index in [2.05, 4.69) is 15.4 Å². The molecule has 0 saturated carbocycles. The summed E-state index contributed by atoms with van der Waals surface area (Å²) >= 11 is 0. The summed E-state index contributed by atoms with van der Waals surface area (Å²) in [5.41, 5.74) is 7.25. The largest absolute Gasteiger partial charge is 0.364 e. The van der Waals surface area contributed by atoms with Crippen LogP contribution in [0.4, 0.5) is 11.5 Å². The molecule has 8 nitrogen and oxygen atoms in total. The Bertz CT molecular complexity index is 946. The summed E-state index contributed by atoms with van der Waals surface area (Å²) in [6, 6.07) is 12.1.